The van der Waals surface area contributed by atoms with Crippen molar-refractivity contribution in [2.45, 2.75) is 33.2 Å². The molecule has 5 nitrogen and oxygen atoms in total. The third-order valence-corrected chi connectivity index (χ3v) is 4.04. The van der Waals surface area contributed by atoms with E-state index in [4.69, 9.17) is 0 Å². The summed E-state index contributed by atoms with van der Waals surface area (Å²) in [6.45, 7) is 7.71. The molecule has 120 valence electrons. The highest BCUT2D eigenvalue weighted by molar-refractivity contribution is 5.96. The van der Waals surface area contributed by atoms with Crippen molar-refractivity contribution in [3.05, 3.63) is 29.8 Å². The molecule has 1 fully saturated rings. The average molecular weight is 303 g/mol. The van der Waals surface area contributed by atoms with Gasteiger partial charge in [0.15, 0.2) is 0 Å². The number of rotatable bonds is 4. The first kappa shape index (κ1) is 16.5. The summed E-state index contributed by atoms with van der Waals surface area (Å²) >= 11 is 0. The molecule has 2 amide bonds. The van der Waals surface area contributed by atoms with Crippen LogP contribution < -0.4 is 16.0 Å². The van der Waals surface area contributed by atoms with Crippen LogP contribution >= 0.6 is 0 Å². The maximum atomic E-state index is 12.3. The molecule has 1 aliphatic heterocycles. The second-order valence-corrected chi connectivity index (χ2v) is 6.27. The van der Waals surface area contributed by atoms with E-state index in [1.165, 1.54) is 0 Å². The van der Waals surface area contributed by atoms with Crippen LogP contribution in [0.3, 0.4) is 0 Å². The summed E-state index contributed by atoms with van der Waals surface area (Å²) < 4.78 is 0. The van der Waals surface area contributed by atoms with Gasteiger partial charge < -0.3 is 16.0 Å². The van der Waals surface area contributed by atoms with Crippen LogP contribution in [0.4, 0.5) is 5.69 Å². The number of amides is 2. The summed E-state index contributed by atoms with van der Waals surface area (Å²) in [4.78, 5) is 23.9. The molecular weight excluding hydrogens is 278 g/mol. The molecule has 0 unspecified atom stereocenters. The first-order valence-electron chi connectivity index (χ1n) is 7.90. The van der Waals surface area contributed by atoms with Gasteiger partial charge in [-0.05, 0) is 49.7 Å². The van der Waals surface area contributed by atoms with Crippen molar-refractivity contribution in [3.8, 4) is 0 Å². The Morgan fingerprint density at radius 1 is 1.23 bits per heavy atom. The minimum Gasteiger partial charge on any atom is -0.349 e. The van der Waals surface area contributed by atoms with Gasteiger partial charge in [-0.3, -0.25) is 9.59 Å². The van der Waals surface area contributed by atoms with Crippen LogP contribution in [0.1, 0.15) is 37.6 Å². The van der Waals surface area contributed by atoms with Crippen molar-refractivity contribution >= 4 is 17.5 Å². The third kappa shape index (κ3) is 4.31. The van der Waals surface area contributed by atoms with Gasteiger partial charge in [-0.1, -0.05) is 20.8 Å². The quantitative estimate of drug-likeness (QED) is 0.797. The Labute approximate surface area is 131 Å². The normalized spacial score (nSPS) is 21.5. The predicted octanol–water partition coefficient (Wildman–Crippen LogP) is 2.01. The van der Waals surface area contributed by atoms with E-state index in [1.54, 1.807) is 24.3 Å². The van der Waals surface area contributed by atoms with Crippen LogP contribution in [-0.4, -0.2) is 30.9 Å². The summed E-state index contributed by atoms with van der Waals surface area (Å²) in [5.74, 6) is 0.285. The monoisotopic (exact) mass is 303 g/mol. The largest absolute Gasteiger partial charge is 0.349 e. The molecule has 2 atom stereocenters. The highest BCUT2D eigenvalue weighted by Gasteiger charge is 2.22. The van der Waals surface area contributed by atoms with E-state index in [0.717, 1.165) is 19.5 Å². The molecule has 0 bridgehead atoms. The predicted molar refractivity (Wildman–Crippen MR) is 87.8 cm³/mol. The lowest BCUT2D eigenvalue weighted by Gasteiger charge is -2.30. The lowest BCUT2D eigenvalue weighted by molar-refractivity contribution is -0.118. The standard InChI is InChI=1S/C17H25N3O2/c1-11(2)16(21)19-14-6-4-13(5-7-14)17(22)20-15-8-9-18-10-12(15)3/h4-7,11-12,15,18H,8-10H2,1-3H3,(H,19,21)(H,20,22)/t12-,15-/m0/s1. The summed E-state index contributed by atoms with van der Waals surface area (Å²) in [6.07, 6.45) is 0.954. The lowest BCUT2D eigenvalue weighted by atomic mass is 9.95. The Morgan fingerprint density at radius 2 is 1.91 bits per heavy atom. The fourth-order valence-corrected chi connectivity index (χ4v) is 2.47. The van der Waals surface area contributed by atoms with Crippen LogP contribution in [0.2, 0.25) is 0 Å². The number of anilines is 1. The SMILES string of the molecule is CC(C)C(=O)Nc1ccc(C(=O)N[C@H]2CCNC[C@@H]2C)cc1. The Balaban J connectivity index is 1.94. The van der Waals surface area contributed by atoms with Gasteiger partial charge in [-0.25, -0.2) is 0 Å². The Morgan fingerprint density at radius 3 is 2.50 bits per heavy atom. The highest BCUT2D eigenvalue weighted by atomic mass is 16.2. The minimum absolute atomic E-state index is 0.0271. The molecule has 1 aliphatic rings. The van der Waals surface area contributed by atoms with Gasteiger partial charge >= 0.3 is 0 Å². The third-order valence-electron chi connectivity index (χ3n) is 4.04. The second kappa shape index (κ2) is 7.40. The van der Waals surface area contributed by atoms with E-state index in [-0.39, 0.29) is 23.8 Å². The average Bonchev–Trinajstić information content (AvgIpc) is 2.50. The van der Waals surface area contributed by atoms with Gasteiger partial charge in [0.05, 0.1) is 0 Å². The smallest absolute Gasteiger partial charge is 0.251 e. The zero-order chi connectivity index (χ0) is 16.1. The molecule has 0 saturated carbocycles. The highest BCUT2D eigenvalue weighted by Crippen LogP contribution is 2.14. The molecule has 0 aromatic heterocycles. The molecule has 0 spiro atoms. The first-order chi connectivity index (χ1) is 10.5. The van der Waals surface area contributed by atoms with Crippen LogP contribution in [-0.2, 0) is 4.79 Å². The van der Waals surface area contributed by atoms with Crippen molar-refractivity contribution in [2.75, 3.05) is 18.4 Å². The second-order valence-electron chi connectivity index (χ2n) is 6.27. The van der Waals surface area contributed by atoms with E-state index in [1.807, 2.05) is 13.8 Å². The maximum Gasteiger partial charge on any atom is 0.251 e. The molecule has 3 N–H and O–H groups in total. The van der Waals surface area contributed by atoms with Gasteiger partial charge in [0.2, 0.25) is 5.91 Å². The van der Waals surface area contributed by atoms with Gasteiger partial charge in [0.25, 0.3) is 5.91 Å². The number of piperidine rings is 1. The molecule has 22 heavy (non-hydrogen) atoms. The van der Waals surface area contributed by atoms with Crippen molar-refractivity contribution in [1.29, 1.82) is 0 Å². The van der Waals surface area contributed by atoms with Crippen LogP contribution in [0.5, 0.6) is 0 Å². The molecular formula is C17H25N3O2. The number of hydrogen-bond donors (Lipinski definition) is 3. The Hall–Kier alpha value is -1.88. The first-order valence-corrected chi connectivity index (χ1v) is 7.90. The van der Waals surface area contributed by atoms with Gasteiger partial charge in [-0.15, -0.1) is 0 Å². The Kier molecular flexibility index (Phi) is 5.55. The molecule has 0 aliphatic carbocycles. The molecule has 0 radical (unpaired) electrons. The van der Waals surface area contributed by atoms with E-state index in [0.29, 0.717) is 17.2 Å². The summed E-state index contributed by atoms with van der Waals surface area (Å²) in [6, 6.07) is 7.24. The van der Waals surface area contributed by atoms with Crippen LogP contribution in [0, 0.1) is 11.8 Å². The summed E-state index contributed by atoms with van der Waals surface area (Å²) in [5, 5.41) is 9.23. The number of carbonyl (C=O) groups excluding carboxylic acids is 2. The van der Waals surface area contributed by atoms with Gasteiger partial charge in [0, 0.05) is 23.2 Å². The van der Waals surface area contributed by atoms with E-state index < -0.39 is 0 Å². The number of benzene rings is 1. The van der Waals surface area contributed by atoms with Gasteiger partial charge in [-0.2, -0.15) is 0 Å². The summed E-state index contributed by atoms with van der Waals surface area (Å²) in [5.41, 5.74) is 1.33. The van der Waals surface area contributed by atoms with Crippen molar-refractivity contribution in [3.63, 3.8) is 0 Å². The van der Waals surface area contributed by atoms with Crippen molar-refractivity contribution in [1.82, 2.24) is 10.6 Å². The molecule has 1 aromatic carbocycles. The van der Waals surface area contributed by atoms with Crippen LogP contribution in [0.15, 0.2) is 24.3 Å². The zero-order valence-corrected chi connectivity index (χ0v) is 13.5. The zero-order valence-electron chi connectivity index (χ0n) is 13.5. The molecule has 1 saturated heterocycles. The molecule has 5 heteroatoms. The molecule has 1 heterocycles. The van der Waals surface area contributed by atoms with Crippen molar-refractivity contribution < 1.29 is 9.59 Å². The minimum atomic E-state index is -0.0654. The van der Waals surface area contributed by atoms with E-state index in [9.17, 15) is 9.59 Å². The van der Waals surface area contributed by atoms with Gasteiger partial charge in [0.1, 0.15) is 0 Å². The maximum absolute atomic E-state index is 12.3. The Bertz CT molecular complexity index is 525. The molecule has 1 aromatic rings. The number of carbonyl (C=O) groups is 2. The molecule has 2 rings (SSSR count). The topological polar surface area (TPSA) is 70.2 Å². The summed E-state index contributed by atoms with van der Waals surface area (Å²) in [7, 11) is 0. The number of hydrogen-bond acceptors (Lipinski definition) is 3. The lowest BCUT2D eigenvalue weighted by Crippen LogP contribution is -2.48. The fraction of sp³-hybridized carbons (Fsp3) is 0.529. The number of nitrogens with one attached hydrogen (secondary N) is 3. The fourth-order valence-electron chi connectivity index (χ4n) is 2.47. The van der Waals surface area contributed by atoms with E-state index in [2.05, 4.69) is 22.9 Å². The van der Waals surface area contributed by atoms with Crippen LogP contribution in [0.25, 0.3) is 0 Å². The van der Waals surface area contributed by atoms with E-state index >= 15 is 0 Å². The van der Waals surface area contributed by atoms with Crippen molar-refractivity contribution in [2.24, 2.45) is 11.8 Å².